The van der Waals surface area contributed by atoms with Crippen molar-refractivity contribution < 1.29 is 33.4 Å². The molecule has 0 aromatic heterocycles. The summed E-state index contributed by atoms with van der Waals surface area (Å²) in [6.45, 7) is 0.00669. The van der Waals surface area contributed by atoms with Gasteiger partial charge in [0.25, 0.3) is 0 Å². The quantitative estimate of drug-likeness (QED) is 0.628. The molecule has 0 aliphatic carbocycles. The number of carbonyl (C=O) groups is 2. The minimum atomic E-state index is -1.30. The summed E-state index contributed by atoms with van der Waals surface area (Å²) >= 11 is 0. The van der Waals surface area contributed by atoms with Gasteiger partial charge in [0.15, 0.2) is 17.9 Å². The van der Waals surface area contributed by atoms with Crippen LogP contribution < -0.4 is 9.80 Å². The Morgan fingerprint density at radius 1 is 1.36 bits per heavy atom. The van der Waals surface area contributed by atoms with E-state index in [0.29, 0.717) is 5.71 Å². The molecule has 2 aliphatic rings. The maximum atomic E-state index is 14.3. The number of ether oxygens (including phenoxy) is 1. The molecule has 2 aliphatic heterocycles. The fourth-order valence-corrected chi connectivity index (χ4v) is 2.61. The number of benzene rings is 1. The molecule has 2 heterocycles. The van der Waals surface area contributed by atoms with Crippen LogP contribution in [-0.4, -0.2) is 66.0 Å². The van der Waals surface area contributed by atoms with Gasteiger partial charge < -0.3 is 20.0 Å². The first kappa shape index (κ1) is 16.7. The molecule has 25 heavy (non-hydrogen) atoms. The summed E-state index contributed by atoms with van der Waals surface area (Å²) in [4.78, 5) is 25.9. The van der Waals surface area contributed by atoms with Crippen LogP contribution in [0, 0.1) is 11.6 Å². The van der Waals surface area contributed by atoms with Gasteiger partial charge in [-0.1, -0.05) is 5.16 Å². The number of amides is 2. The second-order valence-corrected chi connectivity index (χ2v) is 5.62. The van der Waals surface area contributed by atoms with Crippen LogP contribution in [0.15, 0.2) is 17.3 Å². The Bertz CT molecular complexity index is 741. The molecule has 0 radical (unpaired) electrons. The number of carbonyl (C=O) groups excluding carboxylic acids is 1. The molecular weight excluding hydrogens is 342 g/mol. The van der Waals surface area contributed by atoms with Crippen LogP contribution in [-0.2, 0) is 4.74 Å². The lowest BCUT2D eigenvalue weighted by molar-refractivity contribution is 0.0415. The van der Waals surface area contributed by atoms with E-state index < -0.39 is 30.0 Å². The monoisotopic (exact) mass is 356 g/mol. The van der Waals surface area contributed by atoms with Crippen LogP contribution in [0.5, 0.6) is 0 Å². The van der Waals surface area contributed by atoms with Gasteiger partial charge in [0, 0.05) is 19.2 Å². The minimum Gasteiger partial charge on any atom is -0.465 e. The van der Waals surface area contributed by atoms with Gasteiger partial charge in [0.1, 0.15) is 5.69 Å². The van der Waals surface area contributed by atoms with Crippen LogP contribution in [0.2, 0.25) is 0 Å². The number of likely N-dealkylation sites (N-methyl/N-ethyl adjacent to an activating group) is 1. The number of cyclic esters (lactones) is 1. The number of halogens is 2. The third kappa shape index (κ3) is 2.88. The van der Waals surface area contributed by atoms with E-state index >= 15 is 0 Å². The molecule has 0 unspecified atom stereocenters. The molecule has 1 aromatic rings. The van der Waals surface area contributed by atoms with Gasteiger partial charge >= 0.3 is 12.2 Å². The molecule has 3 rings (SSSR count). The Labute approximate surface area is 140 Å². The Morgan fingerprint density at radius 2 is 1.96 bits per heavy atom. The zero-order valence-electron chi connectivity index (χ0n) is 13.0. The average Bonchev–Trinajstić information content (AvgIpc) is 2.89. The number of rotatable bonds is 3. The van der Waals surface area contributed by atoms with Gasteiger partial charge in [0.05, 0.1) is 31.0 Å². The SMILES string of the molecule is CN(C(=O)O)[C@@H]1CN(c2cc(F)c(N3CC(=NO)C3)c(F)c2)C(=O)O1. The second-order valence-electron chi connectivity index (χ2n) is 5.62. The van der Waals surface area contributed by atoms with E-state index in [4.69, 9.17) is 15.1 Å². The molecular formula is C14H14F2N4O5. The van der Waals surface area contributed by atoms with E-state index in [1.807, 2.05) is 0 Å². The van der Waals surface area contributed by atoms with Crippen molar-refractivity contribution in [1.29, 1.82) is 0 Å². The summed E-state index contributed by atoms with van der Waals surface area (Å²) in [5.74, 6) is -1.79. The molecule has 9 nitrogen and oxygen atoms in total. The van der Waals surface area contributed by atoms with Crippen molar-refractivity contribution in [3.05, 3.63) is 23.8 Å². The van der Waals surface area contributed by atoms with Gasteiger partial charge in [-0.25, -0.2) is 18.4 Å². The van der Waals surface area contributed by atoms with Crippen molar-refractivity contribution in [3.8, 4) is 0 Å². The van der Waals surface area contributed by atoms with E-state index in [0.717, 1.165) is 21.9 Å². The Morgan fingerprint density at radius 3 is 2.48 bits per heavy atom. The third-order valence-electron chi connectivity index (χ3n) is 4.05. The molecule has 0 spiro atoms. The van der Waals surface area contributed by atoms with Crippen LogP contribution in [0.3, 0.4) is 0 Å². The highest BCUT2D eigenvalue weighted by atomic mass is 19.1. The number of hydrogen-bond acceptors (Lipinski definition) is 6. The lowest BCUT2D eigenvalue weighted by atomic mass is 10.1. The lowest BCUT2D eigenvalue weighted by Crippen LogP contribution is -2.48. The zero-order chi connectivity index (χ0) is 18.3. The van der Waals surface area contributed by atoms with E-state index in [2.05, 4.69) is 5.16 Å². The summed E-state index contributed by atoms with van der Waals surface area (Å²) < 4.78 is 33.5. The maximum Gasteiger partial charge on any atom is 0.416 e. The Kier molecular flexibility index (Phi) is 4.07. The normalized spacial score (nSPS) is 19.6. The summed E-state index contributed by atoms with van der Waals surface area (Å²) in [5, 5.41) is 20.5. The summed E-state index contributed by atoms with van der Waals surface area (Å²) in [7, 11) is 1.22. The first-order chi connectivity index (χ1) is 11.8. The first-order valence-corrected chi connectivity index (χ1v) is 7.19. The molecule has 2 amide bonds. The van der Waals surface area contributed by atoms with E-state index in [9.17, 15) is 18.4 Å². The van der Waals surface area contributed by atoms with E-state index in [1.54, 1.807) is 0 Å². The number of hydrogen-bond donors (Lipinski definition) is 2. The largest absolute Gasteiger partial charge is 0.465 e. The highest BCUT2D eigenvalue weighted by Gasteiger charge is 2.38. The molecule has 2 saturated heterocycles. The van der Waals surface area contributed by atoms with E-state index in [-0.39, 0.29) is 31.0 Å². The highest BCUT2D eigenvalue weighted by Crippen LogP contribution is 2.32. The lowest BCUT2D eigenvalue weighted by Gasteiger charge is -2.34. The predicted octanol–water partition coefficient (Wildman–Crippen LogP) is 1.51. The molecule has 0 saturated carbocycles. The van der Waals surface area contributed by atoms with Crippen LogP contribution in [0.1, 0.15) is 0 Å². The molecule has 0 bridgehead atoms. The average molecular weight is 356 g/mol. The number of nitrogens with zero attached hydrogens (tertiary/aromatic N) is 4. The van der Waals surface area contributed by atoms with Gasteiger partial charge in [-0.05, 0) is 0 Å². The summed E-state index contributed by atoms with van der Waals surface area (Å²) in [6, 6.07) is 1.94. The van der Waals surface area contributed by atoms with Crippen molar-refractivity contribution in [2.24, 2.45) is 5.16 Å². The topological polar surface area (TPSA) is 106 Å². The molecule has 134 valence electrons. The summed E-state index contributed by atoms with van der Waals surface area (Å²) in [6.07, 6.45) is -3.27. The van der Waals surface area contributed by atoms with Gasteiger partial charge in [-0.15, -0.1) is 0 Å². The van der Waals surface area contributed by atoms with Crippen molar-refractivity contribution in [1.82, 2.24) is 4.90 Å². The van der Waals surface area contributed by atoms with E-state index in [1.165, 1.54) is 11.9 Å². The summed E-state index contributed by atoms with van der Waals surface area (Å²) in [5.41, 5.74) is 0.0232. The Hall–Kier alpha value is -3.11. The third-order valence-corrected chi connectivity index (χ3v) is 4.05. The minimum absolute atomic E-state index is 0.0818. The van der Waals surface area contributed by atoms with Crippen LogP contribution >= 0.6 is 0 Å². The molecule has 1 atom stereocenters. The fraction of sp³-hybridized carbons (Fsp3) is 0.357. The van der Waals surface area contributed by atoms with Crippen molar-refractivity contribution in [2.45, 2.75) is 6.23 Å². The Balaban J connectivity index is 1.82. The van der Waals surface area contributed by atoms with Gasteiger partial charge in [-0.3, -0.25) is 9.80 Å². The molecule has 2 fully saturated rings. The maximum absolute atomic E-state index is 14.3. The number of oxime groups is 1. The zero-order valence-corrected chi connectivity index (χ0v) is 13.0. The van der Waals surface area contributed by atoms with Crippen molar-refractivity contribution in [3.63, 3.8) is 0 Å². The van der Waals surface area contributed by atoms with Crippen LogP contribution in [0.4, 0.5) is 29.7 Å². The number of carboxylic acid groups (broad SMARTS) is 1. The van der Waals surface area contributed by atoms with Crippen LogP contribution in [0.25, 0.3) is 0 Å². The van der Waals surface area contributed by atoms with Gasteiger partial charge in [-0.2, -0.15) is 0 Å². The molecule has 1 aromatic carbocycles. The first-order valence-electron chi connectivity index (χ1n) is 7.19. The standard InChI is InChI=1S/C14H14F2N4O5/c1-18(13(21)22)11-6-20(14(23)25-11)8-2-9(15)12(10(16)3-8)19-4-7(5-19)17-24/h2-3,11,24H,4-6H2,1H3,(H,21,22)/t11-/m0/s1. The number of anilines is 2. The van der Waals surface area contributed by atoms with Crippen molar-refractivity contribution in [2.75, 3.05) is 36.5 Å². The smallest absolute Gasteiger partial charge is 0.416 e. The molecule has 11 heteroatoms. The predicted molar refractivity (Wildman–Crippen MR) is 81.2 cm³/mol. The molecule has 2 N–H and O–H groups in total. The fourth-order valence-electron chi connectivity index (χ4n) is 2.61. The highest BCUT2D eigenvalue weighted by molar-refractivity contribution is 5.99. The van der Waals surface area contributed by atoms with Crippen molar-refractivity contribution >= 4 is 29.3 Å². The van der Waals surface area contributed by atoms with Gasteiger partial charge in [0.2, 0.25) is 0 Å². The second kappa shape index (κ2) is 6.07.